The van der Waals surface area contributed by atoms with Gasteiger partial charge in [0.2, 0.25) is 0 Å². The summed E-state index contributed by atoms with van der Waals surface area (Å²) < 4.78 is 22.0. The molecule has 1 heterocycles. The van der Waals surface area contributed by atoms with E-state index < -0.39 is 68.4 Å². The number of benzene rings is 2. The molecule has 1 fully saturated rings. The fraction of sp³-hybridized carbons (Fsp3) is 0.464. The van der Waals surface area contributed by atoms with Gasteiger partial charge in [-0.3, -0.25) is 14.8 Å². The molecule has 14 heteroatoms. The summed E-state index contributed by atoms with van der Waals surface area (Å²) in [5.74, 6) is -0.852. The van der Waals surface area contributed by atoms with Crippen molar-refractivity contribution in [3.63, 3.8) is 0 Å². The van der Waals surface area contributed by atoms with Crippen molar-refractivity contribution < 1.29 is 59.5 Å². The summed E-state index contributed by atoms with van der Waals surface area (Å²) >= 11 is 0. The minimum atomic E-state index is -1.72. The maximum Gasteiger partial charge on any atom is 0.303 e. The van der Waals surface area contributed by atoms with Crippen molar-refractivity contribution >= 4 is 18.4 Å². The van der Waals surface area contributed by atoms with E-state index in [-0.39, 0.29) is 24.6 Å². The predicted octanol–water partition coefficient (Wildman–Crippen LogP) is -0.912. The Morgan fingerprint density at radius 2 is 1.50 bits per heavy atom. The van der Waals surface area contributed by atoms with Gasteiger partial charge in [0.25, 0.3) is 0 Å². The molecule has 2 aromatic carbocycles. The zero-order valence-electron chi connectivity index (χ0n) is 22.8. The molecule has 0 spiro atoms. The van der Waals surface area contributed by atoms with Crippen LogP contribution in [0.3, 0.4) is 0 Å². The summed E-state index contributed by atoms with van der Waals surface area (Å²) in [6, 6.07) is 12.8. The number of phenolic OH excluding ortho intramolecular Hbond substituents is 2. The molecule has 230 valence electrons. The van der Waals surface area contributed by atoms with Crippen LogP contribution in [0, 0.1) is 0 Å². The highest BCUT2D eigenvalue weighted by Crippen LogP contribution is 2.27. The van der Waals surface area contributed by atoms with Gasteiger partial charge in [0.05, 0.1) is 26.3 Å². The normalized spacial score (nSPS) is 25.0. The monoisotopic (exact) mass is 592 g/mol. The van der Waals surface area contributed by atoms with E-state index in [0.29, 0.717) is 11.1 Å². The quantitative estimate of drug-likeness (QED) is 0.0805. The standard InChI is InChI=1S/C28H36N2O12/c1-16(33)39-27-25(37)23(15-32)42-28(26(27)38)41-21(12-29-10-17-6-2-4-8-19(17)34)22(14-31)40-24(36)13-30-11-18-7-3-5-9-20(18)35/h2-11,21-28,31-32,34-38H,12-15H2,1H3/t21-,22+,23-,24-,25+,26+,27-,28-/m0/s1. The van der Waals surface area contributed by atoms with Gasteiger partial charge >= 0.3 is 5.97 Å². The lowest BCUT2D eigenvalue weighted by Gasteiger charge is -2.42. The van der Waals surface area contributed by atoms with Crippen LogP contribution in [-0.2, 0) is 23.7 Å². The molecular formula is C28H36N2O12. The van der Waals surface area contributed by atoms with Crippen LogP contribution in [0.15, 0.2) is 58.5 Å². The number of para-hydroxylation sites is 2. The Balaban J connectivity index is 1.78. The van der Waals surface area contributed by atoms with E-state index in [1.54, 1.807) is 36.4 Å². The maximum absolute atomic E-state index is 11.6. The van der Waals surface area contributed by atoms with Gasteiger partial charge in [-0.2, -0.15) is 0 Å². The first-order valence-corrected chi connectivity index (χ1v) is 13.1. The van der Waals surface area contributed by atoms with Crippen molar-refractivity contribution in [2.45, 2.75) is 56.1 Å². The van der Waals surface area contributed by atoms with Crippen LogP contribution in [0.1, 0.15) is 18.1 Å². The molecule has 0 unspecified atom stereocenters. The molecule has 0 amide bonds. The lowest BCUT2D eigenvalue weighted by Crippen LogP contribution is -2.61. The Morgan fingerprint density at radius 1 is 0.929 bits per heavy atom. The Morgan fingerprint density at radius 3 is 2.02 bits per heavy atom. The van der Waals surface area contributed by atoms with Gasteiger partial charge in [0.1, 0.15) is 42.0 Å². The van der Waals surface area contributed by atoms with Crippen LogP contribution < -0.4 is 0 Å². The minimum Gasteiger partial charge on any atom is -0.507 e. The van der Waals surface area contributed by atoms with Crippen LogP contribution in [0.2, 0.25) is 0 Å². The summed E-state index contributed by atoms with van der Waals surface area (Å²) in [6.45, 7) is -0.846. The number of phenols is 2. The van der Waals surface area contributed by atoms with Gasteiger partial charge in [0.15, 0.2) is 18.7 Å². The lowest BCUT2D eigenvalue weighted by atomic mass is 9.99. The van der Waals surface area contributed by atoms with Crippen molar-refractivity contribution in [3.8, 4) is 11.5 Å². The summed E-state index contributed by atoms with van der Waals surface area (Å²) in [5.41, 5.74) is 0.790. The second-order valence-electron chi connectivity index (χ2n) is 9.37. The fourth-order valence-electron chi connectivity index (χ4n) is 4.10. The van der Waals surface area contributed by atoms with E-state index in [1.165, 1.54) is 24.6 Å². The topological polar surface area (TPSA) is 220 Å². The number of hydrogen-bond acceptors (Lipinski definition) is 14. The Bertz CT molecular complexity index is 1190. The third kappa shape index (κ3) is 9.27. The van der Waals surface area contributed by atoms with Crippen molar-refractivity contribution in [2.24, 2.45) is 9.98 Å². The van der Waals surface area contributed by atoms with Gasteiger partial charge in [-0.1, -0.05) is 24.3 Å². The summed E-state index contributed by atoms with van der Waals surface area (Å²) in [6.07, 6.45) is -9.04. The SMILES string of the molecule is CC(=O)O[C@@H]1[C@@H](O)[C@@H](O[C@@H](CN=Cc2ccccc2O)[C@@H](CO)O[C@H](O)CN=Cc2ccccc2O)O[C@@H](CO)[C@H]1O. The van der Waals surface area contributed by atoms with Crippen LogP contribution in [-0.4, -0.2) is 130 Å². The zero-order chi connectivity index (χ0) is 30.6. The highest BCUT2D eigenvalue weighted by molar-refractivity contribution is 5.83. The third-order valence-electron chi connectivity index (χ3n) is 6.24. The Labute approximate surface area is 241 Å². The molecule has 1 aliphatic heterocycles. The highest BCUT2D eigenvalue weighted by Gasteiger charge is 2.48. The first-order chi connectivity index (χ1) is 20.1. The predicted molar refractivity (Wildman–Crippen MR) is 147 cm³/mol. The molecule has 3 rings (SSSR count). The molecule has 0 radical (unpaired) electrons. The van der Waals surface area contributed by atoms with Gasteiger partial charge in [-0.15, -0.1) is 0 Å². The number of ether oxygens (including phenoxy) is 4. The third-order valence-corrected chi connectivity index (χ3v) is 6.24. The Hall–Kier alpha value is -3.47. The number of esters is 1. The molecule has 0 saturated carbocycles. The van der Waals surface area contributed by atoms with E-state index in [4.69, 9.17) is 18.9 Å². The van der Waals surface area contributed by atoms with Gasteiger partial charge in [0, 0.05) is 30.5 Å². The first-order valence-electron chi connectivity index (χ1n) is 13.1. The van der Waals surface area contributed by atoms with Crippen molar-refractivity contribution in [3.05, 3.63) is 59.7 Å². The lowest BCUT2D eigenvalue weighted by molar-refractivity contribution is -0.322. The minimum absolute atomic E-state index is 0.00919. The van der Waals surface area contributed by atoms with E-state index in [1.807, 2.05) is 0 Å². The number of aliphatic imine (C=N–C) groups is 2. The van der Waals surface area contributed by atoms with E-state index in [0.717, 1.165) is 6.92 Å². The van der Waals surface area contributed by atoms with Crippen molar-refractivity contribution in [1.29, 1.82) is 0 Å². The number of hydrogen-bond donors (Lipinski definition) is 7. The molecule has 7 N–H and O–H groups in total. The number of carbonyl (C=O) groups is 1. The molecule has 1 aliphatic rings. The number of aliphatic hydroxyl groups excluding tert-OH is 5. The molecule has 0 aromatic heterocycles. The second kappa shape index (κ2) is 16.2. The number of nitrogens with zero attached hydrogens (tertiary/aromatic N) is 2. The molecule has 0 bridgehead atoms. The zero-order valence-corrected chi connectivity index (χ0v) is 22.8. The number of carbonyl (C=O) groups excluding carboxylic acids is 1. The molecule has 2 aromatic rings. The number of rotatable bonds is 14. The average molecular weight is 593 g/mol. The average Bonchev–Trinajstić information content (AvgIpc) is 2.96. The highest BCUT2D eigenvalue weighted by atomic mass is 16.7. The number of aromatic hydroxyl groups is 2. The largest absolute Gasteiger partial charge is 0.507 e. The van der Waals surface area contributed by atoms with E-state index in [2.05, 4.69) is 9.98 Å². The molecule has 1 saturated heterocycles. The van der Waals surface area contributed by atoms with Crippen molar-refractivity contribution in [2.75, 3.05) is 26.3 Å². The van der Waals surface area contributed by atoms with Crippen molar-refractivity contribution in [1.82, 2.24) is 0 Å². The molecular weight excluding hydrogens is 556 g/mol. The molecule has 42 heavy (non-hydrogen) atoms. The summed E-state index contributed by atoms with van der Waals surface area (Å²) in [4.78, 5) is 19.9. The second-order valence-corrected chi connectivity index (χ2v) is 9.37. The van der Waals surface area contributed by atoms with Gasteiger partial charge in [-0.05, 0) is 24.3 Å². The van der Waals surface area contributed by atoms with Crippen LogP contribution in [0.5, 0.6) is 11.5 Å². The van der Waals surface area contributed by atoms with Gasteiger partial charge < -0.3 is 54.7 Å². The number of aliphatic hydroxyl groups is 5. The molecule has 8 atom stereocenters. The van der Waals surface area contributed by atoms with Crippen LogP contribution in [0.4, 0.5) is 0 Å². The summed E-state index contributed by atoms with van der Waals surface area (Å²) in [7, 11) is 0. The molecule has 0 aliphatic carbocycles. The maximum atomic E-state index is 11.6. The van der Waals surface area contributed by atoms with E-state index in [9.17, 15) is 40.5 Å². The Kier molecular flexibility index (Phi) is 12.8. The first kappa shape index (κ1) is 33.0. The smallest absolute Gasteiger partial charge is 0.303 e. The molecule has 14 nitrogen and oxygen atoms in total. The van der Waals surface area contributed by atoms with Gasteiger partial charge in [-0.25, -0.2) is 0 Å². The van der Waals surface area contributed by atoms with Crippen LogP contribution >= 0.6 is 0 Å². The van der Waals surface area contributed by atoms with E-state index >= 15 is 0 Å². The summed E-state index contributed by atoms with van der Waals surface area (Å²) in [5, 5.41) is 71.3. The fourth-order valence-corrected chi connectivity index (χ4v) is 4.10. The van der Waals surface area contributed by atoms with Crippen LogP contribution in [0.25, 0.3) is 0 Å².